The van der Waals surface area contributed by atoms with Gasteiger partial charge < -0.3 is 20.2 Å². The smallest absolute Gasteiger partial charge is 0.376 e. The quantitative estimate of drug-likeness (QED) is 0.335. The highest BCUT2D eigenvalue weighted by Gasteiger charge is 2.22. The summed E-state index contributed by atoms with van der Waals surface area (Å²) < 4.78 is 6.82. The lowest BCUT2D eigenvalue weighted by Gasteiger charge is -2.06. The SMILES string of the molecule is C=CCOCCNc1c([N+](=O)[O-])nc(C)n1C. The van der Waals surface area contributed by atoms with Gasteiger partial charge >= 0.3 is 5.82 Å². The van der Waals surface area contributed by atoms with Crippen molar-refractivity contribution in [1.82, 2.24) is 9.55 Å². The van der Waals surface area contributed by atoms with E-state index in [9.17, 15) is 10.1 Å². The van der Waals surface area contributed by atoms with Gasteiger partial charge in [-0.05, 0) is 9.91 Å². The molecule has 94 valence electrons. The highest BCUT2D eigenvalue weighted by atomic mass is 16.6. The van der Waals surface area contributed by atoms with Gasteiger partial charge in [0.15, 0.2) is 0 Å². The van der Waals surface area contributed by atoms with Crippen LogP contribution in [0.15, 0.2) is 12.7 Å². The van der Waals surface area contributed by atoms with Crippen molar-refractivity contribution in [1.29, 1.82) is 0 Å². The Labute approximate surface area is 99.3 Å². The average molecular weight is 240 g/mol. The first-order chi connectivity index (χ1) is 8.07. The predicted molar refractivity (Wildman–Crippen MR) is 64.1 cm³/mol. The number of nitro groups is 1. The summed E-state index contributed by atoms with van der Waals surface area (Å²) in [6.07, 6.45) is 1.65. The second kappa shape index (κ2) is 6.00. The fraction of sp³-hybridized carbons (Fsp3) is 0.500. The molecule has 0 amide bonds. The fourth-order valence-corrected chi connectivity index (χ4v) is 1.33. The van der Waals surface area contributed by atoms with Crippen LogP contribution in [0.4, 0.5) is 11.6 Å². The summed E-state index contributed by atoms with van der Waals surface area (Å²) in [6, 6.07) is 0. The third kappa shape index (κ3) is 3.28. The molecule has 1 rings (SSSR count). The Bertz CT molecular complexity index is 414. The van der Waals surface area contributed by atoms with E-state index in [2.05, 4.69) is 16.9 Å². The number of nitrogens with one attached hydrogen (secondary N) is 1. The molecule has 1 N–H and O–H groups in total. The van der Waals surface area contributed by atoms with Crippen LogP contribution in [0.5, 0.6) is 0 Å². The molecule has 0 aliphatic rings. The number of anilines is 1. The molecule has 0 unspecified atom stereocenters. The zero-order valence-corrected chi connectivity index (χ0v) is 9.97. The van der Waals surface area contributed by atoms with E-state index in [1.807, 2.05) is 0 Å². The molecule has 7 heteroatoms. The fourth-order valence-electron chi connectivity index (χ4n) is 1.33. The molecule has 1 aromatic heterocycles. The van der Waals surface area contributed by atoms with Gasteiger partial charge in [0.1, 0.15) is 0 Å². The average Bonchev–Trinajstić information content (AvgIpc) is 2.57. The minimum Gasteiger partial charge on any atom is -0.376 e. The van der Waals surface area contributed by atoms with Crippen molar-refractivity contribution in [3.05, 3.63) is 28.6 Å². The summed E-state index contributed by atoms with van der Waals surface area (Å²) >= 11 is 0. The number of aryl methyl sites for hydroxylation is 1. The molecular weight excluding hydrogens is 224 g/mol. The molecule has 1 heterocycles. The molecular formula is C10H16N4O3. The Morgan fingerprint density at radius 2 is 2.41 bits per heavy atom. The van der Waals surface area contributed by atoms with Crippen molar-refractivity contribution in [3.63, 3.8) is 0 Å². The highest BCUT2D eigenvalue weighted by Crippen LogP contribution is 2.23. The maximum absolute atomic E-state index is 10.8. The van der Waals surface area contributed by atoms with Crippen LogP contribution in [0.2, 0.25) is 0 Å². The number of hydrogen-bond donors (Lipinski definition) is 1. The van der Waals surface area contributed by atoms with Gasteiger partial charge in [0.2, 0.25) is 11.6 Å². The van der Waals surface area contributed by atoms with Crippen LogP contribution < -0.4 is 5.32 Å². The zero-order chi connectivity index (χ0) is 12.8. The molecule has 0 spiro atoms. The summed E-state index contributed by atoms with van der Waals surface area (Å²) in [4.78, 5) is 14.1. The third-order valence-corrected chi connectivity index (χ3v) is 2.25. The van der Waals surface area contributed by atoms with Crippen LogP contribution in [0.3, 0.4) is 0 Å². The molecule has 1 aromatic rings. The van der Waals surface area contributed by atoms with E-state index in [0.29, 0.717) is 31.4 Å². The van der Waals surface area contributed by atoms with Crippen molar-refractivity contribution in [2.45, 2.75) is 6.92 Å². The number of rotatable bonds is 7. The zero-order valence-electron chi connectivity index (χ0n) is 9.97. The Balaban J connectivity index is 2.63. The lowest BCUT2D eigenvalue weighted by Crippen LogP contribution is -2.13. The molecule has 0 radical (unpaired) electrons. The number of hydrogen-bond acceptors (Lipinski definition) is 5. The van der Waals surface area contributed by atoms with Gasteiger partial charge in [-0.15, -0.1) is 6.58 Å². The Morgan fingerprint density at radius 1 is 1.71 bits per heavy atom. The number of imidazole rings is 1. The van der Waals surface area contributed by atoms with Gasteiger partial charge in [-0.3, -0.25) is 4.57 Å². The molecule has 17 heavy (non-hydrogen) atoms. The van der Waals surface area contributed by atoms with E-state index in [1.54, 1.807) is 24.6 Å². The number of nitrogens with zero attached hydrogens (tertiary/aromatic N) is 3. The van der Waals surface area contributed by atoms with Gasteiger partial charge in [0.25, 0.3) is 0 Å². The van der Waals surface area contributed by atoms with E-state index >= 15 is 0 Å². The van der Waals surface area contributed by atoms with Crippen molar-refractivity contribution in [2.24, 2.45) is 7.05 Å². The standard InChI is InChI=1S/C10H16N4O3/c1-4-6-17-7-5-11-9-10(14(15)16)12-8(2)13(9)3/h4,11H,1,5-7H2,2-3H3. The molecule has 0 saturated heterocycles. The predicted octanol–water partition coefficient (Wildman–Crippen LogP) is 1.25. The third-order valence-electron chi connectivity index (χ3n) is 2.25. The van der Waals surface area contributed by atoms with Crippen LogP contribution >= 0.6 is 0 Å². The monoisotopic (exact) mass is 240 g/mol. The largest absolute Gasteiger partial charge is 0.406 e. The van der Waals surface area contributed by atoms with Crippen LogP contribution in [0, 0.1) is 17.0 Å². The number of ether oxygens (including phenoxy) is 1. The lowest BCUT2D eigenvalue weighted by atomic mass is 10.5. The Hall–Kier alpha value is -1.89. The minimum absolute atomic E-state index is 0.159. The number of aromatic nitrogens is 2. The van der Waals surface area contributed by atoms with Gasteiger partial charge in [-0.25, -0.2) is 0 Å². The first-order valence-electron chi connectivity index (χ1n) is 5.18. The molecule has 0 aliphatic heterocycles. The van der Waals surface area contributed by atoms with Crippen LogP contribution in [0.1, 0.15) is 5.82 Å². The van der Waals surface area contributed by atoms with Crippen molar-refractivity contribution >= 4 is 11.6 Å². The second-order valence-electron chi connectivity index (χ2n) is 3.44. The minimum atomic E-state index is -0.500. The summed E-state index contributed by atoms with van der Waals surface area (Å²) in [5, 5.41) is 13.7. The van der Waals surface area contributed by atoms with Crippen molar-refractivity contribution in [2.75, 3.05) is 25.1 Å². The van der Waals surface area contributed by atoms with Gasteiger partial charge in [0, 0.05) is 20.5 Å². The topological polar surface area (TPSA) is 82.2 Å². The van der Waals surface area contributed by atoms with E-state index in [-0.39, 0.29) is 5.82 Å². The van der Waals surface area contributed by atoms with Crippen LogP contribution in [-0.2, 0) is 11.8 Å². The van der Waals surface area contributed by atoms with E-state index in [1.165, 1.54) is 0 Å². The second-order valence-corrected chi connectivity index (χ2v) is 3.44. The molecule has 0 saturated carbocycles. The van der Waals surface area contributed by atoms with Crippen LogP contribution in [-0.4, -0.2) is 34.2 Å². The van der Waals surface area contributed by atoms with E-state index < -0.39 is 4.92 Å². The normalized spacial score (nSPS) is 10.2. The Kier molecular flexibility index (Phi) is 4.65. The molecule has 0 atom stereocenters. The maximum atomic E-state index is 10.8. The van der Waals surface area contributed by atoms with Crippen LogP contribution in [0.25, 0.3) is 0 Å². The molecule has 0 aliphatic carbocycles. The van der Waals surface area contributed by atoms with Gasteiger partial charge in [-0.2, -0.15) is 0 Å². The van der Waals surface area contributed by atoms with Gasteiger partial charge in [-0.1, -0.05) is 6.08 Å². The van der Waals surface area contributed by atoms with Crippen molar-refractivity contribution in [3.8, 4) is 0 Å². The van der Waals surface area contributed by atoms with E-state index in [0.717, 1.165) is 0 Å². The summed E-state index contributed by atoms with van der Waals surface area (Å²) in [5.74, 6) is 0.828. The molecule has 0 bridgehead atoms. The first-order valence-corrected chi connectivity index (χ1v) is 5.18. The molecule has 0 fully saturated rings. The van der Waals surface area contributed by atoms with Crippen molar-refractivity contribution < 1.29 is 9.66 Å². The van der Waals surface area contributed by atoms with E-state index in [4.69, 9.17) is 4.74 Å². The van der Waals surface area contributed by atoms with Gasteiger partial charge in [0.05, 0.1) is 13.2 Å². The Morgan fingerprint density at radius 3 is 3.00 bits per heavy atom. The maximum Gasteiger partial charge on any atom is 0.406 e. The summed E-state index contributed by atoms with van der Waals surface area (Å²) in [6.45, 7) is 6.64. The lowest BCUT2D eigenvalue weighted by molar-refractivity contribution is -0.388. The first kappa shape index (κ1) is 13.2. The molecule has 0 aromatic carbocycles. The molecule has 7 nitrogen and oxygen atoms in total. The summed E-state index contributed by atoms with van der Waals surface area (Å²) in [5.41, 5.74) is 0. The highest BCUT2D eigenvalue weighted by molar-refractivity contribution is 5.53. The summed E-state index contributed by atoms with van der Waals surface area (Å²) in [7, 11) is 1.72.